The molecule has 0 aliphatic heterocycles. The van der Waals surface area contributed by atoms with Crippen molar-refractivity contribution in [2.75, 3.05) is 17.7 Å². The van der Waals surface area contributed by atoms with Crippen molar-refractivity contribution in [1.29, 1.82) is 0 Å². The van der Waals surface area contributed by atoms with Crippen molar-refractivity contribution < 1.29 is 9.53 Å². The summed E-state index contributed by atoms with van der Waals surface area (Å²) in [6.45, 7) is 2.86. The van der Waals surface area contributed by atoms with Crippen LogP contribution in [0.25, 0.3) is 11.4 Å². The Hall–Kier alpha value is -2.51. The molecule has 0 aliphatic carbocycles. The van der Waals surface area contributed by atoms with Gasteiger partial charge in [-0.05, 0) is 48.9 Å². The van der Waals surface area contributed by atoms with Crippen molar-refractivity contribution in [2.24, 2.45) is 7.05 Å². The van der Waals surface area contributed by atoms with Crippen LogP contribution in [0.3, 0.4) is 0 Å². The molecule has 152 valence electrons. The maximum atomic E-state index is 12.2. The number of ether oxygens (including phenoxy) is 1. The number of aromatic nitrogens is 3. The molecule has 1 amide bonds. The number of rotatable bonds is 9. The van der Waals surface area contributed by atoms with E-state index in [0.29, 0.717) is 15.9 Å². The molecular weight excluding hydrogens is 408 g/mol. The van der Waals surface area contributed by atoms with Crippen LogP contribution in [0.5, 0.6) is 5.75 Å². The van der Waals surface area contributed by atoms with Crippen LogP contribution in [0.1, 0.15) is 19.8 Å². The van der Waals surface area contributed by atoms with Gasteiger partial charge < -0.3 is 14.6 Å². The number of unbranched alkanes of at least 4 members (excludes halogenated alkanes) is 1. The van der Waals surface area contributed by atoms with Crippen molar-refractivity contribution in [1.82, 2.24) is 14.8 Å². The number of carbonyl (C=O) groups is 1. The topological polar surface area (TPSA) is 69.0 Å². The van der Waals surface area contributed by atoms with E-state index in [-0.39, 0.29) is 11.7 Å². The second kappa shape index (κ2) is 10.3. The third-order valence-corrected chi connectivity index (χ3v) is 5.41. The van der Waals surface area contributed by atoms with Gasteiger partial charge in [0, 0.05) is 23.3 Å². The Kier molecular flexibility index (Phi) is 7.55. The fraction of sp³-hybridized carbons (Fsp3) is 0.286. The summed E-state index contributed by atoms with van der Waals surface area (Å²) in [5.74, 6) is 1.68. The van der Waals surface area contributed by atoms with Crippen LogP contribution < -0.4 is 10.1 Å². The molecule has 0 saturated heterocycles. The van der Waals surface area contributed by atoms with E-state index < -0.39 is 0 Å². The van der Waals surface area contributed by atoms with Crippen LogP contribution in [0.4, 0.5) is 5.69 Å². The van der Waals surface area contributed by atoms with E-state index in [2.05, 4.69) is 22.4 Å². The quantitative estimate of drug-likeness (QED) is 0.380. The van der Waals surface area contributed by atoms with Gasteiger partial charge in [-0.1, -0.05) is 42.8 Å². The van der Waals surface area contributed by atoms with Gasteiger partial charge in [0.1, 0.15) is 5.75 Å². The number of anilines is 1. The zero-order valence-corrected chi connectivity index (χ0v) is 18.0. The highest BCUT2D eigenvalue weighted by Crippen LogP contribution is 2.25. The van der Waals surface area contributed by atoms with Crippen LogP contribution in [-0.2, 0) is 11.8 Å². The van der Waals surface area contributed by atoms with E-state index >= 15 is 0 Å². The van der Waals surface area contributed by atoms with Crippen LogP contribution >= 0.6 is 23.4 Å². The van der Waals surface area contributed by atoms with Crippen molar-refractivity contribution >= 4 is 35.0 Å². The third-order valence-electron chi connectivity index (χ3n) is 4.15. The zero-order valence-electron chi connectivity index (χ0n) is 16.4. The van der Waals surface area contributed by atoms with Gasteiger partial charge in [-0.2, -0.15) is 0 Å². The Morgan fingerprint density at radius 1 is 1.21 bits per heavy atom. The van der Waals surface area contributed by atoms with Crippen molar-refractivity contribution in [3.05, 3.63) is 53.6 Å². The summed E-state index contributed by atoms with van der Waals surface area (Å²) in [4.78, 5) is 12.2. The number of halogens is 1. The Morgan fingerprint density at radius 2 is 2.00 bits per heavy atom. The number of benzene rings is 2. The third kappa shape index (κ3) is 5.98. The predicted octanol–water partition coefficient (Wildman–Crippen LogP) is 5.05. The van der Waals surface area contributed by atoms with Gasteiger partial charge in [0.15, 0.2) is 11.0 Å². The number of nitrogens with one attached hydrogen (secondary N) is 1. The molecule has 6 nitrogen and oxygen atoms in total. The minimum atomic E-state index is -0.129. The highest BCUT2D eigenvalue weighted by Gasteiger charge is 2.13. The average molecular weight is 431 g/mol. The minimum Gasteiger partial charge on any atom is -0.494 e. The van der Waals surface area contributed by atoms with Gasteiger partial charge in [-0.15, -0.1) is 10.2 Å². The molecule has 0 aliphatic rings. The Balaban J connectivity index is 1.58. The number of thioether (sulfide) groups is 1. The monoisotopic (exact) mass is 430 g/mol. The molecule has 8 heteroatoms. The molecule has 3 aromatic rings. The zero-order chi connectivity index (χ0) is 20.6. The number of amides is 1. The summed E-state index contributed by atoms with van der Waals surface area (Å²) in [5, 5.41) is 12.6. The Morgan fingerprint density at radius 3 is 2.72 bits per heavy atom. The first-order valence-electron chi connectivity index (χ1n) is 9.37. The van der Waals surface area contributed by atoms with E-state index in [0.717, 1.165) is 36.6 Å². The maximum Gasteiger partial charge on any atom is 0.234 e. The van der Waals surface area contributed by atoms with Gasteiger partial charge in [0.25, 0.3) is 0 Å². The van der Waals surface area contributed by atoms with Crippen molar-refractivity contribution in [2.45, 2.75) is 24.9 Å². The molecule has 0 unspecified atom stereocenters. The van der Waals surface area contributed by atoms with Crippen LogP contribution in [0, 0.1) is 0 Å². The van der Waals surface area contributed by atoms with Crippen LogP contribution in [-0.4, -0.2) is 33.0 Å². The number of hydrogen-bond donors (Lipinski definition) is 1. The molecule has 2 aromatic carbocycles. The molecule has 0 spiro atoms. The maximum absolute atomic E-state index is 12.2. The lowest BCUT2D eigenvalue weighted by molar-refractivity contribution is -0.113. The lowest BCUT2D eigenvalue weighted by atomic mass is 10.2. The second-order valence-electron chi connectivity index (χ2n) is 6.44. The minimum absolute atomic E-state index is 0.129. The first-order valence-corrected chi connectivity index (χ1v) is 10.7. The molecule has 0 bridgehead atoms. The SMILES string of the molecule is CCCCOc1ccc(-c2nnc(SCC(=O)Nc3cccc(Cl)c3)n2C)cc1. The molecule has 0 radical (unpaired) electrons. The summed E-state index contributed by atoms with van der Waals surface area (Å²) in [6, 6.07) is 14.9. The van der Waals surface area contributed by atoms with Gasteiger partial charge in [-0.25, -0.2) is 0 Å². The molecule has 29 heavy (non-hydrogen) atoms. The van der Waals surface area contributed by atoms with Crippen LogP contribution in [0.15, 0.2) is 53.7 Å². The largest absolute Gasteiger partial charge is 0.494 e. The Bertz CT molecular complexity index is 960. The average Bonchev–Trinajstić information content (AvgIpc) is 3.08. The molecule has 0 fully saturated rings. The smallest absolute Gasteiger partial charge is 0.234 e. The van der Waals surface area contributed by atoms with E-state index in [4.69, 9.17) is 16.3 Å². The highest BCUT2D eigenvalue weighted by molar-refractivity contribution is 7.99. The molecule has 1 aromatic heterocycles. The second-order valence-corrected chi connectivity index (χ2v) is 7.82. The van der Waals surface area contributed by atoms with E-state index in [9.17, 15) is 4.79 Å². The molecule has 0 saturated carbocycles. The van der Waals surface area contributed by atoms with Gasteiger partial charge in [0.2, 0.25) is 5.91 Å². The number of nitrogens with zero attached hydrogens (tertiary/aromatic N) is 3. The lowest BCUT2D eigenvalue weighted by Crippen LogP contribution is -2.14. The van der Waals surface area contributed by atoms with E-state index in [1.165, 1.54) is 11.8 Å². The summed E-state index contributed by atoms with van der Waals surface area (Å²) in [7, 11) is 1.89. The molecule has 0 atom stereocenters. The van der Waals surface area contributed by atoms with Crippen LogP contribution in [0.2, 0.25) is 5.02 Å². The standard InChI is InChI=1S/C21H23ClN4O2S/c1-3-4-12-28-18-10-8-15(9-11-18)20-24-25-21(26(20)2)29-14-19(27)23-17-7-5-6-16(22)13-17/h5-11,13H,3-4,12,14H2,1-2H3,(H,23,27). The normalized spacial score (nSPS) is 10.7. The Labute approximate surface area is 179 Å². The summed E-state index contributed by atoms with van der Waals surface area (Å²) in [5.41, 5.74) is 1.61. The van der Waals surface area contributed by atoms with Crippen molar-refractivity contribution in [3.8, 4) is 17.1 Å². The molecule has 1 heterocycles. The molecule has 3 rings (SSSR count). The van der Waals surface area contributed by atoms with E-state index in [1.807, 2.05) is 35.9 Å². The number of carbonyl (C=O) groups excluding carboxylic acids is 1. The van der Waals surface area contributed by atoms with Crippen molar-refractivity contribution in [3.63, 3.8) is 0 Å². The molecule has 1 N–H and O–H groups in total. The lowest BCUT2D eigenvalue weighted by Gasteiger charge is -2.07. The first-order chi connectivity index (χ1) is 14.1. The van der Waals surface area contributed by atoms with Gasteiger partial charge in [-0.3, -0.25) is 4.79 Å². The highest BCUT2D eigenvalue weighted by atomic mass is 35.5. The summed E-state index contributed by atoms with van der Waals surface area (Å²) >= 11 is 7.27. The predicted molar refractivity (Wildman–Crippen MR) is 118 cm³/mol. The fourth-order valence-corrected chi connectivity index (χ4v) is 3.52. The van der Waals surface area contributed by atoms with Gasteiger partial charge in [0.05, 0.1) is 12.4 Å². The summed E-state index contributed by atoms with van der Waals surface area (Å²) in [6.07, 6.45) is 2.14. The summed E-state index contributed by atoms with van der Waals surface area (Å²) < 4.78 is 7.57. The van der Waals surface area contributed by atoms with Gasteiger partial charge >= 0.3 is 0 Å². The number of hydrogen-bond acceptors (Lipinski definition) is 5. The first kappa shape index (κ1) is 21.2. The fourth-order valence-electron chi connectivity index (χ4n) is 2.62. The van der Waals surface area contributed by atoms with E-state index in [1.54, 1.807) is 24.3 Å². The molecular formula is C21H23ClN4O2S.